The molecule has 166 valence electrons. The molecule has 1 aliphatic carbocycles. The van der Waals surface area contributed by atoms with Crippen molar-refractivity contribution in [3.8, 4) is 0 Å². The second-order valence-corrected chi connectivity index (χ2v) is 10.6. The fourth-order valence-electron chi connectivity index (χ4n) is 4.82. The van der Waals surface area contributed by atoms with Crippen LogP contribution in [0, 0.1) is 5.92 Å². The van der Waals surface area contributed by atoms with Crippen LogP contribution in [0.4, 0.5) is 5.69 Å². The Bertz CT molecular complexity index is 1260. The second-order valence-electron chi connectivity index (χ2n) is 8.68. The molecule has 0 atom stereocenters. The fraction of sp³-hybridized carbons (Fsp3) is 0.360. The quantitative estimate of drug-likeness (QED) is 0.649. The molecule has 6 nitrogen and oxygen atoms in total. The topological polar surface area (TPSA) is 79.4 Å². The normalized spacial score (nSPS) is 17.8. The number of aromatic nitrogens is 1. The van der Waals surface area contributed by atoms with E-state index in [1.165, 1.54) is 16.3 Å². The van der Waals surface area contributed by atoms with Gasteiger partial charge in [0.15, 0.2) is 0 Å². The van der Waals surface area contributed by atoms with Gasteiger partial charge in [-0.2, -0.15) is 4.31 Å². The van der Waals surface area contributed by atoms with Crippen molar-refractivity contribution in [3.63, 3.8) is 0 Å². The molecule has 7 heteroatoms. The summed E-state index contributed by atoms with van der Waals surface area (Å²) in [5, 5.41) is 3.93. The lowest BCUT2D eigenvalue weighted by molar-refractivity contribution is -0.120. The number of nitrogens with one attached hydrogen (secondary N) is 1. The summed E-state index contributed by atoms with van der Waals surface area (Å²) in [4.78, 5) is 17.6. The van der Waals surface area contributed by atoms with Crippen molar-refractivity contribution in [2.24, 2.45) is 5.92 Å². The molecule has 32 heavy (non-hydrogen) atoms. The highest BCUT2D eigenvalue weighted by molar-refractivity contribution is 7.89. The number of sulfonamides is 1. The van der Waals surface area contributed by atoms with E-state index in [1.54, 1.807) is 12.3 Å². The molecule has 2 aromatic carbocycles. The summed E-state index contributed by atoms with van der Waals surface area (Å²) >= 11 is 0. The third kappa shape index (κ3) is 4.02. The van der Waals surface area contributed by atoms with Crippen molar-refractivity contribution in [2.75, 3.05) is 18.4 Å². The van der Waals surface area contributed by atoms with Gasteiger partial charge in [0, 0.05) is 30.6 Å². The summed E-state index contributed by atoms with van der Waals surface area (Å²) in [5.41, 5.74) is 4.01. The van der Waals surface area contributed by atoms with E-state index in [-0.39, 0.29) is 11.8 Å². The molecular formula is C25H27N3O3S. The standard InChI is InChI=1S/C25H27N3O3S/c29-25(27-24-9-3-8-23-22(24)7-4-14-26-23)19-12-15-28(16-13-19)32(30,31)21-11-10-18-5-1-2-6-20(18)17-21/h3-4,7-11,14,17,19H,1-2,5-6,12-13,15-16H2,(H,27,29). The van der Waals surface area contributed by atoms with Crippen LogP contribution < -0.4 is 5.32 Å². The third-order valence-electron chi connectivity index (χ3n) is 6.69. The van der Waals surface area contributed by atoms with Gasteiger partial charge in [0.2, 0.25) is 15.9 Å². The number of piperidine rings is 1. The average molecular weight is 450 g/mol. The minimum atomic E-state index is -3.54. The number of benzene rings is 2. The molecular weight excluding hydrogens is 422 g/mol. The summed E-state index contributed by atoms with van der Waals surface area (Å²) in [6.45, 7) is 0.712. The summed E-state index contributed by atoms with van der Waals surface area (Å²) < 4.78 is 27.9. The Morgan fingerprint density at radius 2 is 1.75 bits per heavy atom. The van der Waals surface area contributed by atoms with Crippen LogP contribution in [0.5, 0.6) is 0 Å². The van der Waals surface area contributed by atoms with E-state index >= 15 is 0 Å². The monoisotopic (exact) mass is 449 g/mol. The number of pyridine rings is 1. The first kappa shape index (κ1) is 21.1. The Morgan fingerprint density at radius 3 is 2.56 bits per heavy atom. The van der Waals surface area contributed by atoms with Crippen LogP contribution in [0.15, 0.2) is 59.6 Å². The second kappa shape index (κ2) is 8.64. The lowest BCUT2D eigenvalue weighted by Gasteiger charge is -2.31. The van der Waals surface area contributed by atoms with Gasteiger partial charge < -0.3 is 5.32 Å². The Morgan fingerprint density at radius 1 is 0.969 bits per heavy atom. The summed E-state index contributed by atoms with van der Waals surface area (Å²) in [6, 6.07) is 15.0. The number of fused-ring (bicyclic) bond motifs is 2. The number of aryl methyl sites for hydroxylation is 2. The molecule has 0 bridgehead atoms. The van der Waals surface area contributed by atoms with Crippen LogP contribution in [-0.4, -0.2) is 36.7 Å². The first-order valence-electron chi connectivity index (χ1n) is 11.3. The van der Waals surface area contributed by atoms with Crippen LogP contribution in [0.25, 0.3) is 10.9 Å². The molecule has 1 saturated heterocycles. The molecule has 1 aromatic heterocycles. The number of carbonyl (C=O) groups is 1. The van der Waals surface area contributed by atoms with Crippen molar-refractivity contribution in [3.05, 3.63) is 65.9 Å². The van der Waals surface area contributed by atoms with E-state index in [1.807, 2.05) is 42.5 Å². The smallest absolute Gasteiger partial charge is 0.243 e. The number of amides is 1. The fourth-order valence-corrected chi connectivity index (χ4v) is 6.35. The van der Waals surface area contributed by atoms with Gasteiger partial charge in [-0.15, -0.1) is 0 Å². The van der Waals surface area contributed by atoms with Crippen LogP contribution in [0.3, 0.4) is 0 Å². The molecule has 0 radical (unpaired) electrons. The maximum absolute atomic E-state index is 13.2. The van der Waals surface area contributed by atoms with Gasteiger partial charge >= 0.3 is 0 Å². The molecule has 2 heterocycles. The molecule has 0 saturated carbocycles. The van der Waals surface area contributed by atoms with Gasteiger partial charge in [-0.05, 0) is 86.1 Å². The van der Waals surface area contributed by atoms with Gasteiger partial charge in [0.1, 0.15) is 0 Å². The lowest BCUT2D eigenvalue weighted by Crippen LogP contribution is -2.41. The van der Waals surface area contributed by atoms with Gasteiger partial charge in [-0.25, -0.2) is 8.42 Å². The minimum absolute atomic E-state index is 0.0628. The Kier molecular flexibility index (Phi) is 5.69. The molecule has 1 aliphatic heterocycles. The first-order valence-corrected chi connectivity index (χ1v) is 12.7. The number of hydrogen-bond donors (Lipinski definition) is 1. The zero-order valence-electron chi connectivity index (χ0n) is 18.0. The maximum atomic E-state index is 13.2. The Labute approximate surface area is 188 Å². The predicted molar refractivity (Wildman–Crippen MR) is 125 cm³/mol. The van der Waals surface area contributed by atoms with Crippen molar-refractivity contribution in [2.45, 2.75) is 43.4 Å². The van der Waals surface area contributed by atoms with E-state index in [9.17, 15) is 13.2 Å². The highest BCUT2D eigenvalue weighted by atomic mass is 32.2. The highest BCUT2D eigenvalue weighted by Gasteiger charge is 2.32. The number of rotatable bonds is 4. The van der Waals surface area contributed by atoms with E-state index in [0.717, 1.165) is 41.4 Å². The molecule has 5 rings (SSSR count). The van der Waals surface area contributed by atoms with Gasteiger partial charge in [0.25, 0.3) is 0 Å². The third-order valence-corrected chi connectivity index (χ3v) is 8.58. The Hall–Kier alpha value is -2.77. The Balaban J connectivity index is 1.26. The maximum Gasteiger partial charge on any atom is 0.243 e. The summed E-state index contributed by atoms with van der Waals surface area (Å²) in [7, 11) is -3.54. The minimum Gasteiger partial charge on any atom is -0.325 e. The molecule has 3 aromatic rings. The largest absolute Gasteiger partial charge is 0.325 e. The zero-order chi connectivity index (χ0) is 22.1. The van der Waals surface area contributed by atoms with Gasteiger partial charge in [0.05, 0.1) is 16.1 Å². The molecule has 1 fully saturated rings. The summed E-state index contributed by atoms with van der Waals surface area (Å²) in [6.07, 6.45) is 7.02. The number of nitrogens with zero attached hydrogens (tertiary/aromatic N) is 2. The SMILES string of the molecule is O=C(Nc1cccc2ncccc12)C1CCN(S(=O)(=O)c2ccc3c(c2)CCCC3)CC1. The van der Waals surface area contributed by atoms with Crippen LogP contribution in [0.2, 0.25) is 0 Å². The van der Waals surface area contributed by atoms with E-state index in [4.69, 9.17) is 0 Å². The molecule has 2 aliphatic rings. The van der Waals surface area contributed by atoms with Crippen molar-refractivity contribution >= 4 is 32.5 Å². The zero-order valence-corrected chi connectivity index (χ0v) is 18.8. The number of hydrogen-bond acceptors (Lipinski definition) is 4. The van der Waals surface area contributed by atoms with Crippen LogP contribution in [0.1, 0.15) is 36.8 Å². The lowest BCUT2D eigenvalue weighted by atomic mass is 9.92. The van der Waals surface area contributed by atoms with Crippen molar-refractivity contribution in [1.82, 2.24) is 9.29 Å². The number of carbonyl (C=O) groups excluding carboxylic acids is 1. The van der Waals surface area contributed by atoms with E-state index in [2.05, 4.69) is 10.3 Å². The predicted octanol–water partition coefficient (Wildman–Crippen LogP) is 4.15. The van der Waals surface area contributed by atoms with E-state index < -0.39 is 10.0 Å². The average Bonchev–Trinajstić information content (AvgIpc) is 2.84. The first-order chi connectivity index (χ1) is 15.5. The molecule has 1 N–H and O–H groups in total. The van der Waals surface area contributed by atoms with Crippen LogP contribution in [-0.2, 0) is 27.7 Å². The molecule has 0 spiro atoms. The van der Waals surface area contributed by atoms with Gasteiger partial charge in [-0.1, -0.05) is 12.1 Å². The highest BCUT2D eigenvalue weighted by Crippen LogP contribution is 2.29. The number of anilines is 1. The van der Waals surface area contributed by atoms with Crippen LogP contribution >= 0.6 is 0 Å². The van der Waals surface area contributed by atoms with Gasteiger partial charge in [-0.3, -0.25) is 9.78 Å². The van der Waals surface area contributed by atoms with E-state index in [0.29, 0.717) is 30.8 Å². The summed E-state index contributed by atoms with van der Waals surface area (Å²) in [5.74, 6) is -0.274. The van der Waals surface area contributed by atoms with Crippen molar-refractivity contribution < 1.29 is 13.2 Å². The molecule has 1 amide bonds. The molecule has 0 unspecified atom stereocenters. The van der Waals surface area contributed by atoms with Crippen molar-refractivity contribution in [1.29, 1.82) is 0 Å².